The van der Waals surface area contributed by atoms with Crippen LogP contribution in [0.1, 0.15) is 51.9 Å². The summed E-state index contributed by atoms with van der Waals surface area (Å²) in [6, 6.07) is 0.855. The Labute approximate surface area is 112 Å². The van der Waals surface area contributed by atoms with Gasteiger partial charge in [-0.15, -0.1) is 0 Å². The third kappa shape index (κ3) is 4.52. The first-order valence-electron chi connectivity index (χ1n) is 7.96. The van der Waals surface area contributed by atoms with Crippen molar-refractivity contribution in [1.82, 2.24) is 10.2 Å². The van der Waals surface area contributed by atoms with Crippen LogP contribution in [-0.2, 0) is 4.74 Å². The fourth-order valence-electron chi connectivity index (χ4n) is 3.34. The molecule has 1 atom stereocenters. The third-order valence-corrected chi connectivity index (χ3v) is 4.47. The van der Waals surface area contributed by atoms with Gasteiger partial charge in [-0.2, -0.15) is 0 Å². The lowest BCUT2D eigenvalue weighted by Crippen LogP contribution is -2.41. The second-order valence-corrected chi connectivity index (χ2v) is 5.76. The molecule has 1 aliphatic heterocycles. The Kier molecular flexibility index (Phi) is 6.46. The van der Waals surface area contributed by atoms with E-state index in [1.807, 2.05) is 0 Å². The molecule has 3 nitrogen and oxygen atoms in total. The molecule has 1 unspecified atom stereocenters. The molecular formula is C15H30N2O. The van der Waals surface area contributed by atoms with Crippen molar-refractivity contribution in [3.8, 4) is 0 Å². The predicted molar refractivity (Wildman–Crippen MR) is 76.0 cm³/mol. The molecule has 1 saturated carbocycles. The summed E-state index contributed by atoms with van der Waals surface area (Å²) in [4.78, 5) is 2.67. The highest BCUT2D eigenvalue weighted by Crippen LogP contribution is 2.22. The van der Waals surface area contributed by atoms with Gasteiger partial charge in [0.1, 0.15) is 0 Å². The summed E-state index contributed by atoms with van der Waals surface area (Å²) in [5, 5.41) is 3.56. The van der Waals surface area contributed by atoms with Crippen molar-refractivity contribution in [2.45, 2.75) is 64.0 Å². The molecule has 1 aliphatic carbocycles. The van der Waals surface area contributed by atoms with Crippen molar-refractivity contribution in [2.75, 3.05) is 32.8 Å². The standard InChI is InChI=1S/C15H30N2O/c1-2-17(14-7-4-3-5-8-14)11-10-16-13-15-9-6-12-18-15/h14-16H,2-13H2,1H3. The van der Waals surface area contributed by atoms with Crippen LogP contribution in [0, 0.1) is 0 Å². The van der Waals surface area contributed by atoms with E-state index >= 15 is 0 Å². The fraction of sp³-hybridized carbons (Fsp3) is 1.00. The predicted octanol–water partition coefficient (Wildman–Crippen LogP) is 2.41. The van der Waals surface area contributed by atoms with Gasteiger partial charge < -0.3 is 10.1 Å². The Balaban J connectivity index is 1.57. The monoisotopic (exact) mass is 254 g/mol. The molecule has 18 heavy (non-hydrogen) atoms. The SMILES string of the molecule is CCN(CCNCC1CCCO1)C1CCCCC1. The van der Waals surface area contributed by atoms with E-state index in [0.717, 1.165) is 25.7 Å². The van der Waals surface area contributed by atoms with Gasteiger partial charge in [-0.25, -0.2) is 0 Å². The smallest absolute Gasteiger partial charge is 0.0700 e. The summed E-state index contributed by atoms with van der Waals surface area (Å²) in [5.41, 5.74) is 0. The van der Waals surface area contributed by atoms with Crippen LogP contribution >= 0.6 is 0 Å². The highest BCUT2D eigenvalue weighted by molar-refractivity contribution is 4.76. The highest BCUT2D eigenvalue weighted by Gasteiger charge is 2.19. The Bertz CT molecular complexity index is 211. The van der Waals surface area contributed by atoms with Crippen molar-refractivity contribution in [2.24, 2.45) is 0 Å². The molecule has 0 aromatic rings. The molecule has 2 rings (SSSR count). The van der Waals surface area contributed by atoms with E-state index < -0.39 is 0 Å². The Morgan fingerprint density at radius 2 is 1.94 bits per heavy atom. The molecule has 1 N–H and O–H groups in total. The van der Waals surface area contributed by atoms with E-state index in [2.05, 4.69) is 17.1 Å². The van der Waals surface area contributed by atoms with Gasteiger partial charge in [-0.05, 0) is 32.2 Å². The summed E-state index contributed by atoms with van der Waals surface area (Å²) in [6.45, 7) is 7.83. The van der Waals surface area contributed by atoms with Crippen LogP contribution in [0.3, 0.4) is 0 Å². The minimum Gasteiger partial charge on any atom is -0.377 e. The fourth-order valence-corrected chi connectivity index (χ4v) is 3.34. The average Bonchev–Trinajstić information content (AvgIpc) is 2.93. The first-order valence-corrected chi connectivity index (χ1v) is 7.96. The van der Waals surface area contributed by atoms with Gasteiger partial charge in [0.15, 0.2) is 0 Å². The molecule has 1 saturated heterocycles. The second-order valence-electron chi connectivity index (χ2n) is 5.76. The average molecular weight is 254 g/mol. The van der Waals surface area contributed by atoms with E-state index in [-0.39, 0.29) is 0 Å². The van der Waals surface area contributed by atoms with Crippen LogP contribution in [0.2, 0.25) is 0 Å². The molecule has 1 heterocycles. The van der Waals surface area contributed by atoms with E-state index in [0.29, 0.717) is 6.10 Å². The van der Waals surface area contributed by atoms with Gasteiger partial charge in [-0.1, -0.05) is 26.2 Å². The molecular weight excluding hydrogens is 224 g/mol. The number of likely N-dealkylation sites (N-methyl/N-ethyl adjacent to an activating group) is 1. The lowest BCUT2D eigenvalue weighted by Gasteiger charge is -2.33. The van der Waals surface area contributed by atoms with Crippen LogP contribution in [0.4, 0.5) is 0 Å². The maximum atomic E-state index is 5.63. The van der Waals surface area contributed by atoms with Crippen molar-refractivity contribution < 1.29 is 4.74 Å². The largest absolute Gasteiger partial charge is 0.377 e. The van der Waals surface area contributed by atoms with Crippen LogP contribution in [0.15, 0.2) is 0 Å². The number of hydrogen-bond donors (Lipinski definition) is 1. The van der Waals surface area contributed by atoms with Crippen LogP contribution in [0.25, 0.3) is 0 Å². The minimum absolute atomic E-state index is 0.481. The number of nitrogens with one attached hydrogen (secondary N) is 1. The molecule has 106 valence electrons. The Hall–Kier alpha value is -0.120. The van der Waals surface area contributed by atoms with Crippen molar-refractivity contribution in [3.05, 3.63) is 0 Å². The van der Waals surface area contributed by atoms with Gasteiger partial charge >= 0.3 is 0 Å². The van der Waals surface area contributed by atoms with E-state index in [9.17, 15) is 0 Å². The second kappa shape index (κ2) is 8.13. The molecule has 0 aromatic carbocycles. The normalized spacial score (nSPS) is 26.0. The molecule has 0 bridgehead atoms. The highest BCUT2D eigenvalue weighted by atomic mass is 16.5. The van der Waals surface area contributed by atoms with Crippen molar-refractivity contribution in [3.63, 3.8) is 0 Å². The molecule has 0 spiro atoms. The Morgan fingerprint density at radius 1 is 1.11 bits per heavy atom. The van der Waals surface area contributed by atoms with Crippen molar-refractivity contribution in [1.29, 1.82) is 0 Å². The summed E-state index contributed by atoms with van der Waals surface area (Å²) in [6.07, 6.45) is 10.1. The first-order chi connectivity index (χ1) is 8.90. The number of nitrogens with zero attached hydrogens (tertiary/aromatic N) is 1. The number of rotatable bonds is 7. The summed E-state index contributed by atoms with van der Waals surface area (Å²) in [5.74, 6) is 0. The summed E-state index contributed by atoms with van der Waals surface area (Å²) < 4.78 is 5.63. The van der Waals surface area contributed by atoms with Crippen molar-refractivity contribution >= 4 is 0 Å². The first kappa shape index (κ1) is 14.3. The molecule has 3 heteroatoms. The zero-order valence-electron chi connectivity index (χ0n) is 12.0. The zero-order valence-corrected chi connectivity index (χ0v) is 12.0. The molecule has 0 radical (unpaired) electrons. The number of ether oxygens (including phenoxy) is 1. The van der Waals surface area contributed by atoms with Gasteiger partial charge in [0.05, 0.1) is 6.10 Å². The van der Waals surface area contributed by atoms with Crippen LogP contribution < -0.4 is 5.32 Å². The van der Waals surface area contributed by atoms with Gasteiger partial charge in [0.25, 0.3) is 0 Å². The van der Waals surface area contributed by atoms with E-state index in [1.165, 1.54) is 58.0 Å². The number of hydrogen-bond acceptors (Lipinski definition) is 3. The van der Waals surface area contributed by atoms with E-state index in [4.69, 9.17) is 4.74 Å². The van der Waals surface area contributed by atoms with Gasteiger partial charge in [-0.3, -0.25) is 4.90 Å². The molecule has 0 aromatic heterocycles. The summed E-state index contributed by atoms with van der Waals surface area (Å²) >= 11 is 0. The minimum atomic E-state index is 0.481. The lowest BCUT2D eigenvalue weighted by atomic mass is 9.94. The summed E-state index contributed by atoms with van der Waals surface area (Å²) in [7, 11) is 0. The quantitative estimate of drug-likeness (QED) is 0.706. The van der Waals surface area contributed by atoms with Gasteiger partial charge in [0.2, 0.25) is 0 Å². The topological polar surface area (TPSA) is 24.5 Å². The molecule has 2 fully saturated rings. The molecule has 0 amide bonds. The van der Waals surface area contributed by atoms with Crippen LogP contribution in [-0.4, -0.2) is 49.8 Å². The van der Waals surface area contributed by atoms with Crippen LogP contribution in [0.5, 0.6) is 0 Å². The molecule has 2 aliphatic rings. The zero-order chi connectivity index (χ0) is 12.6. The Morgan fingerprint density at radius 3 is 2.61 bits per heavy atom. The lowest BCUT2D eigenvalue weighted by molar-refractivity contribution is 0.107. The maximum Gasteiger partial charge on any atom is 0.0700 e. The third-order valence-electron chi connectivity index (χ3n) is 4.47. The maximum absolute atomic E-state index is 5.63. The van der Waals surface area contributed by atoms with Gasteiger partial charge in [0, 0.05) is 32.3 Å². The van der Waals surface area contributed by atoms with E-state index in [1.54, 1.807) is 0 Å².